The Kier molecular flexibility index (Phi) is 1.79. The molecule has 0 aliphatic carbocycles. The summed E-state index contributed by atoms with van der Waals surface area (Å²) in [5, 5.41) is 8.64. The van der Waals surface area contributed by atoms with Gasteiger partial charge in [-0.15, -0.1) is 0 Å². The first-order chi connectivity index (χ1) is 6.36. The topological polar surface area (TPSA) is 83.8 Å². The summed E-state index contributed by atoms with van der Waals surface area (Å²) in [6.45, 7) is 0. The SMILES string of the molecule is O=C(Nc1ncco1)c1cc[nH]n1. The lowest BCUT2D eigenvalue weighted by Gasteiger charge is -1.94. The number of rotatable bonds is 2. The maximum atomic E-state index is 11.3. The van der Waals surface area contributed by atoms with E-state index in [1.54, 1.807) is 12.3 Å². The van der Waals surface area contributed by atoms with Gasteiger partial charge in [-0.25, -0.2) is 4.98 Å². The normalized spacial score (nSPS) is 9.85. The number of nitrogens with one attached hydrogen (secondary N) is 2. The fourth-order valence-corrected chi connectivity index (χ4v) is 0.833. The van der Waals surface area contributed by atoms with Crippen LogP contribution in [-0.2, 0) is 0 Å². The Morgan fingerprint density at radius 2 is 2.54 bits per heavy atom. The number of carbonyl (C=O) groups excluding carboxylic acids is 1. The number of hydrogen-bond acceptors (Lipinski definition) is 4. The van der Waals surface area contributed by atoms with Gasteiger partial charge in [0.15, 0.2) is 0 Å². The third kappa shape index (κ3) is 1.56. The lowest BCUT2D eigenvalue weighted by molar-refractivity contribution is 0.101. The zero-order valence-corrected chi connectivity index (χ0v) is 6.52. The molecule has 2 heterocycles. The molecule has 0 aromatic carbocycles. The van der Waals surface area contributed by atoms with E-state index in [2.05, 4.69) is 20.5 Å². The van der Waals surface area contributed by atoms with Crippen LogP contribution in [-0.4, -0.2) is 21.1 Å². The molecular formula is C7H6N4O2. The highest BCUT2D eigenvalue weighted by molar-refractivity contribution is 6.01. The van der Waals surface area contributed by atoms with E-state index in [0.717, 1.165) is 0 Å². The molecule has 1 amide bonds. The van der Waals surface area contributed by atoms with Crippen molar-refractivity contribution in [3.63, 3.8) is 0 Å². The molecule has 13 heavy (non-hydrogen) atoms. The van der Waals surface area contributed by atoms with Crippen LogP contribution < -0.4 is 5.32 Å². The van der Waals surface area contributed by atoms with Gasteiger partial charge in [0.05, 0.1) is 6.20 Å². The Bertz CT molecular complexity index is 379. The smallest absolute Gasteiger partial charge is 0.301 e. The first kappa shape index (κ1) is 7.53. The van der Waals surface area contributed by atoms with Crippen molar-refractivity contribution in [2.75, 3.05) is 5.32 Å². The van der Waals surface area contributed by atoms with Gasteiger partial charge in [-0.3, -0.25) is 15.2 Å². The van der Waals surface area contributed by atoms with E-state index in [1.165, 1.54) is 12.5 Å². The summed E-state index contributed by atoms with van der Waals surface area (Å²) < 4.78 is 4.82. The zero-order chi connectivity index (χ0) is 9.10. The fourth-order valence-electron chi connectivity index (χ4n) is 0.833. The Balaban J connectivity index is 2.08. The van der Waals surface area contributed by atoms with Gasteiger partial charge in [0.1, 0.15) is 12.0 Å². The molecule has 2 aromatic rings. The van der Waals surface area contributed by atoms with Crippen LogP contribution in [0.1, 0.15) is 10.5 Å². The second-order valence-corrected chi connectivity index (χ2v) is 2.25. The molecule has 6 heteroatoms. The number of aromatic amines is 1. The summed E-state index contributed by atoms with van der Waals surface area (Å²) in [5.41, 5.74) is 0.290. The van der Waals surface area contributed by atoms with Crippen LogP contribution in [0.3, 0.4) is 0 Å². The van der Waals surface area contributed by atoms with Crippen LogP contribution in [0.15, 0.2) is 29.1 Å². The maximum Gasteiger partial charge on any atom is 0.301 e. The molecule has 0 bridgehead atoms. The van der Waals surface area contributed by atoms with Gasteiger partial charge in [-0.1, -0.05) is 0 Å². The molecular weight excluding hydrogens is 172 g/mol. The third-order valence-electron chi connectivity index (χ3n) is 1.39. The summed E-state index contributed by atoms with van der Waals surface area (Å²) in [6, 6.07) is 1.71. The van der Waals surface area contributed by atoms with Crippen molar-refractivity contribution in [2.45, 2.75) is 0 Å². The van der Waals surface area contributed by atoms with Gasteiger partial charge in [0.2, 0.25) is 0 Å². The molecule has 0 fully saturated rings. The summed E-state index contributed by atoms with van der Waals surface area (Å²) >= 11 is 0. The number of aromatic nitrogens is 3. The second kappa shape index (κ2) is 3.10. The number of carbonyl (C=O) groups is 1. The molecule has 0 saturated carbocycles. The minimum atomic E-state index is -0.358. The molecule has 0 atom stereocenters. The lowest BCUT2D eigenvalue weighted by atomic mass is 10.4. The van der Waals surface area contributed by atoms with Gasteiger partial charge in [0.25, 0.3) is 5.91 Å². The molecule has 0 aliphatic rings. The molecule has 0 saturated heterocycles. The largest absolute Gasteiger partial charge is 0.432 e. The average Bonchev–Trinajstić information content (AvgIpc) is 2.74. The van der Waals surface area contributed by atoms with Crippen molar-refractivity contribution < 1.29 is 9.21 Å². The Hall–Kier alpha value is -2.11. The summed E-state index contributed by atoms with van der Waals surface area (Å²) in [4.78, 5) is 15.0. The van der Waals surface area contributed by atoms with Crippen molar-refractivity contribution in [3.8, 4) is 0 Å². The number of H-pyrrole nitrogens is 1. The minimum absolute atomic E-state index is 0.160. The molecule has 0 aliphatic heterocycles. The van der Waals surface area contributed by atoms with E-state index in [9.17, 15) is 4.79 Å². The standard InChI is InChI=1S/C7H6N4O2/c12-6(5-1-2-9-11-5)10-7-8-3-4-13-7/h1-4H,(H,9,11)(H,8,10,12). The van der Waals surface area contributed by atoms with Crippen LogP contribution in [0.2, 0.25) is 0 Å². The summed E-state index contributed by atoms with van der Waals surface area (Å²) in [7, 11) is 0. The quantitative estimate of drug-likeness (QED) is 0.707. The molecule has 6 nitrogen and oxygen atoms in total. The van der Waals surface area contributed by atoms with E-state index < -0.39 is 0 Å². The Labute approximate surface area is 73.0 Å². The van der Waals surface area contributed by atoms with Gasteiger partial charge < -0.3 is 4.42 Å². The van der Waals surface area contributed by atoms with Crippen LogP contribution in [0.4, 0.5) is 6.01 Å². The number of nitrogens with zero attached hydrogens (tertiary/aromatic N) is 2. The molecule has 0 radical (unpaired) electrons. The van der Waals surface area contributed by atoms with Crippen molar-refractivity contribution in [1.29, 1.82) is 0 Å². The predicted molar refractivity (Wildman–Crippen MR) is 43.0 cm³/mol. The first-order valence-electron chi connectivity index (χ1n) is 3.57. The van der Waals surface area contributed by atoms with Crippen LogP contribution >= 0.6 is 0 Å². The summed E-state index contributed by atoms with van der Waals surface area (Å²) in [6.07, 6.45) is 4.38. The van der Waals surface area contributed by atoms with E-state index in [0.29, 0.717) is 5.69 Å². The maximum absolute atomic E-state index is 11.3. The molecule has 0 unspecified atom stereocenters. The Morgan fingerprint density at radius 1 is 1.62 bits per heavy atom. The van der Waals surface area contributed by atoms with Gasteiger partial charge >= 0.3 is 6.01 Å². The predicted octanol–water partition coefficient (Wildman–Crippen LogP) is 0.650. The molecule has 66 valence electrons. The van der Waals surface area contributed by atoms with Crippen LogP contribution in [0.5, 0.6) is 0 Å². The number of oxazole rings is 1. The van der Waals surface area contributed by atoms with E-state index >= 15 is 0 Å². The van der Waals surface area contributed by atoms with E-state index in [4.69, 9.17) is 4.42 Å². The van der Waals surface area contributed by atoms with Crippen LogP contribution in [0.25, 0.3) is 0 Å². The monoisotopic (exact) mass is 178 g/mol. The zero-order valence-electron chi connectivity index (χ0n) is 6.52. The highest BCUT2D eigenvalue weighted by atomic mass is 16.4. The van der Waals surface area contributed by atoms with E-state index in [-0.39, 0.29) is 11.9 Å². The van der Waals surface area contributed by atoms with Crippen molar-refractivity contribution in [2.24, 2.45) is 0 Å². The molecule has 0 spiro atoms. The minimum Gasteiger partial charge on any atom is -0.432 e. The van der Waals surface area contributed by atoms with Crippen molar-refractivity contribution in [3.05, 3.63) is 30.4 Å². The molecule has 2 aromatic heterocycles. The van der Waals surface area contributed by atoms with Gasteiger partial charge in [0, 0.05) is 6.20 Å². The second-order valence-electron chi connectivity index (χ2n) is 2.25. The number of amides is 1. The van der Waals surface area contributed by atoms with Crippen LogP contribution in [0, 0.1) is 0 Å². The lowest BCUT2D eigenvalue weighted by Crippen LogP contribution is -2.12. The molecule has 2 N–H and O–H groups in total. The van der Waals surface area contributed by atoms with Crippen molar-refractivity contribution >= 4 is 11.9 Å². The van der Waals surface area contributed by atoms with Gasteiger partial charge in [-0.2, -0.15) is 5.10 Å². The first-order valence-corrected chi connectivity index (χ1v) is 3.57. The summed E-state index contributed by atoms with van der Waals surface area (Å²) in [5.74, 6) is -0.358. The molecule has 2 rings (SSSR count). The highest BCUT2D eigenvalue weighted by Gasteiger charge is 2.09. The Morgan fingerprint density at radius 3 is 3.15 bits per heavy atom. The average molecular weight is 178 g/mol. The van der Waals surface area contributed by atoms with E-state index in [1.807, 2.05) is 0 Å². The highest BCUT2D eigenvalue weighted by Crippen LogP contribution is 2.03. The number of hydrogen-bond donors (Lipinski definition) is 2. The van der Waals surface area contributed by atoms with Crippen molar-refractivity contribution in [1.82, 2.24) is 15.2 Å². The number of anilines is 1. The van der Waals surface area contributed by atoms with Gasteiger partial charge in [-0.05, 0) is 6.07 Å². The fraction of sp³-hybridized carbons (Fsp3) is 0. The third-order valence-corrected chi connectivity index (χ3v) is 1.39.